The smallest absolute Gasteiger partial charge is 0.251 e. The van der Waals surface area contributed by atoms with E-state index in [9.17, 15) is 14.4 Å². The largest absolute Gasteiger partial charge is 0.352 e. The minimum Gasteiger partial charge on any atom is -0.352 e. The van der Waals surface area contributed by atoms with Crippen molar-refractivity contribution in [3.8, 4) is 0 Å². The number of hydrogen-bond donors (Lipinski definition) is 1. The zero-order valence-electron chi connectivity index (χ0n) is 21.6. The number of amides is 3. The first-order valence-corrected chi connectivity index (χ1v) is 12.8. The van der Waals surface area contributed by atoms with Crippen LogP contribution in [-0.2, 0) is 9.59 Å². The van der Waals surface area contributed by atoms with Gasteiger partial charge in [-0.2, -0.15) is 0 Å². The fraction of sp³-hybridized carbons (Fsp3) is 0.679. The first-order valence-electron chi connectivity index (χ1n) is 12.8. The molecule has 1 aromatic rings. The standard InChI is InChI=1S/C28H44N2O3/c1-7-27(4,5)17-12-10-11-13-18-29-25(32)21-15-14-16-22(19-21)30-24(31)20-23(26(30)33)28(6,8-2)9-3/h14-16,19,23H,7-13,17-18,20H2,1-6H3,(H,29,32). The molecule has 5 nitrogen and oxygen atoms in total. The van der Waals surface area contributed by atoms with E-state index in [1.54, 1.807) is 24.3 Å². The predicted molar refractivity (Wildman–Crippen MR) is 135 cm³/mol. The minimum atomic E-state index is -0.305. The fourth-order valence-electron chi connectivity index (χ4n) is 4.54. The van der Waals surface area contributed by atoms with Crippen LogP contribution < -0.4 is 10.2 Å². The van der Waals surface area contributed by atoms with E-state index in [0.717, 1.165) is 25.7 Å². The summed E-state index contributed by atoms with van der Waals surface area (Å²) in [5.41, 5.74) is 1.20. The molecule has 1 unspecified atom stereocenters. The summed E-state index contributed by atoms with van der Waals surface area (Å²) in [6.45, 7) is 13.7. The van der Waals surface area contributed by atoms with Crippen LogP contribution in [0, 0.1) is 16.7 Å². The second kappa shape index (κ2) is 11.8. The van der Waals surface area contributed by atoms with Gasteiger partial charge in [-0.15, -0.1) is 0 Å². The first-order chi connectivity index (χ1) is 15.6. The molecular formula is C28H44N2O3. The molecule has 0 spiro atoms. The third kappa shape index (κ3) is 6.91. The van der Waals surface area contributed by atoms with Gasteiger partial charge in [-0.05, 0) is 54.7 Å². The summed E-state index contributed by atoms with van der Waals surface area (Å²) in [7, 11) is 0. The van der Waals surface area contributed by atoms with Gasteiger partial charge in [-0.3, -0.25) is 19.3 Å². The van der Waals surface area contributed by atoms with Crippen molar-refractivity contribution in [1.29, 1.82) is 0 Å². The van der Waals surface area contributed by atoms with Gasteiger partial charge in [0.2, 0.25) is 11.8 Å². The Morgan fingerprint density at radius 2 is 1.67 bits per heavy atom. The molecule has 1 fully saturated rings. The van der Waals surface area contributed by atoms with E-state index in [1.807, 2.05) is 0 Å². The number of rotatable bonds is 13. The average molecular weight is 457 g/mol. The maximum absolute atomic E-state index is 13.1. The number of nitrogens with one attached hydrogen (secondary N) is 1. The van der Waals surface area contributed by atoms with Crippen LogP contribution in [0.5, 0.6) is 0 Å². The second-order valence-electron chi connectivity index (χ2n) is 10.7. The Morgan fingerprint density at radius 3 is 2.30 bits per heavy atom. The van der Waals surface area contributed by atoms with Crippen LogP contribution in [0.15, 0.2) is 24.3 Å². The maximum Gasteiger partial charge on any atom is 0.251 e. The molecule has 1 atom stereocenters. The lowest BCUT2D eigenvalue weighted by Gasteiger charge is -2.31. The number of carbonyl (C=O) groups excluding carboxylic acids is 3. The Hall–Kier alpha value is -2.17. The minimum absolute atomic E-state index is 0.144. The van der Waals surface area contributed by atoms with Gasteiger partial charge in [0.15, 0.2) is 0 Å². The van der Waals surface area contributed by atoms with E-state index in [0.29, 0.717) is 23.2 Å². The van der Waals surface area contributed by atoms with E-state index in [1.165, 1.54) is 30.6 Å². The number of imide groups is 1. The third-order valence-corrected chi connectivity index (χ3v) is 7.99. The van der Waals surface area contributed by atoms with E-state index >= 15 is 0 Å². The topological polar surface area (TPSA) is 66.5 Å². The molecule has 1 aliphatic rings. The molecule has 5 heteroatoms. The third-order valence-electron chi connectivity index (χ3n) is 7.99. The van der Waals surface area contributed by atoms with Gasteiger partial charge in [0.25, 0.3) is 5.91 Å². The summed E-state index contributed by atoms with van der Waals surface area (Å²) in [4.78, 5) is 39.8. The van der Waals surface area contributed by atoms with Crippen LogP contribution in [-0.4, -0.2) is 24.3 Å². The highest BCUT2D eigenvalue weighted by Crippen LogP contribution is 2.42. The number of carbonyl (C=O) groups is 3. The van der Waals surface area contributed by atoms with Crippen molar-refractivity contribution in [1.82, 2.24) is 5.32 Å². The lowest BCUT2D eigenvalue weighted by atomic mass is 9.72. The summed E-state index contributed by atoms with van der Waals surface area (Å²) in [6.07, 6.45) is 8.85. The van der Waals surface area contributed by atoms with E-state index in [4.69, 9.17) is 0 Å². The Labute approximate surface area is 200 Å². The lowest BCUT2D eigenvalue weighted by Crippen LogP contribution is -2.36. The second-order valence-corrected chi connectivity index (χ2v) is 10.7. The highest BCUT2D eigenvalue weighted by molar-refractivity contribution is 6.21. The number of unbranched alkanes of at least 4 members (excludes halogenated alkanes) is 3. The summed E-state index contributed by atoms with van der Waals surface area (Å²) in [6, 6.07) is 6.88. The molecular weight excluding hydrogens is 412 g/mol. The van der Waals surface area contributed by atoms with Crippen molar-refractivity contribution >= 4 is 23.4 Å². The Morgan fingerprint density at radius 1 is 1.00 bits per heavy atom. The van der Waals surface area contributed by atoms with Crippen LogP contribution in [0.4, 0.5) is 5.69 Å². The Kier molecular flexibility index (Phi) is 9.69. The summed E-state index contributed by atoms with van der Waals surface area (Å²) in [5.74, 6) is -0.788. The fourth-order valence-corrected chi connectivity index (χ4v) is 4.54. The molecule has 0 aromatic heterocycles. The van der Waals surface area contributed by atoms with Gasteiger partial charge in [-0.1, -0.05) is 73.3 Å². The van der Waals surface area contributed by atoms with Crippen molar-refractivity contribution in [3.63, 3.8) is 0 Å². The number of nitrogens with zero attached hydrogens (tertiary/aromatic N) is 1. The van der Waals surface area contributed by atoms with Gasteiger partial charge in [0.05, 0.1) is 11.6 Å². The molecule has 184 valence electrons. The van der Waals surface area contributed by atoms with Gasteiger partial charge < -0.3 is 5.32 Å². The van der Waals surface area contributed by atoms with E-state index < -0.39 is 0 Å². The Balaban J connectivity index is 1.91. The molecule has 0 bridgehead atoms. The van der Waals surface area contributed by atoms with E-state index in [2.05, 4.69) is 46.9 Å². The molecule has 0 aliphatic carbocycles. The summed E-state index contributed by atoms with van der Waals surface area (Å²) < 4.78 is 0. The number of anilines is 1. The van der Waals surface area contributed by atoms with Crippen LogP contribution in [0.25, 0.3) is 0 Å². The SMILES string of the molecule is CCC(C)(C)CCCCCCNC(=O)c1cccc(N2C(=O)CC(C(C)(CC)CC)C2=O)c1. The summed E-state index contributed by atoms with van der Waals surface area (Å²) in [5, 5.41) is 2.98. The molecule has 3 amide bonds. The molecule has 0 saturated carbocycles. The van der Waals surface area contributed by atoms with Gasteiger partial charge in [-0.25, -0.2) is 0 Å². The van der Waals surface area contributed by atoms with Crippen LogP contribution in [0.2, 0.25) is 0 Å². The summed E-state index contributed by atoms with van der Waals surface area (Å²) >= 11 is 0. The molecule has 33 heavy (non-hydrogen) atoms. The monoisotopic (exact) mass is 456 g/mol. The maximum atomic E-state index is 13.1. The Bertz CT molecular complexity index is 826. The van der Waals surface area contributed by atoms with Crippen molar-refractivity contribution in [3.05, 3.63) is 29.8 Å². The van der Waals surface area contributed by atoms with Gasteiger partial charge >= 0.3 is 0 Å². The number of hydrogen-bond acceptors (Lipinski definition) is 3. The quantitative estimate of drug-likeness (QED) is 0.272. The zero-order chi connectivity index (χ0) is 24.6. The van der Waals surface area contributed by atoms with Crippen LogP contribution >= 0.6 is 0 Å². The highest BCUT2D eigenvalue weighted by atomic mass is 16.2. The van der Waals surface area contributed by atoms with Crippen molar-refractivity contribution in [2.75, 3.05) is 11.4 Å². The van der Waals surface area contributed by atoms with Crippen molar-refractivity contribution < 1.29 is 14.4 Å². The van der Waals surface area contributed by atoms with Crippen LogP contribution in [0.1, 0.15) is 110 Å². The molecule has 1 saturated heterocycles. The molecule has 0 radical (unpaired) electrons. The zero-order valence-corrected chi connectivity index (χ0v) is 21.6. The average Bonchev–Trinajstić information content (AvgIpc) is 3.12. The van der Waals surface area contributed by atoms with Crippen LogP contribution in [0.3, 0.4) is 0 Å². The lowest BCUT2D eigenvalue weighted by molar-refractivity contribution is -0.124. The van der Waals surface area contributed by atoms with Crippen molar-refractivity contribution in [2.24, 2.45) is 16.7 Å². The van der Waals surface area contributed by atoms with E-state index in [-0.39, 0.29) is 35.5 Å². The molecule has 1 heterocycles. The number of benzene rings is 1. The van der Waals surface area contributed by atoms with Gasteiger partial charge in [0, 0.05) is 18.5 Å². The molecule has 2 rings (SSSR count). The highest BCUT2D eigenvalue weighted by Gasteiger charge is 2.47. The molecule has 1 aliphatic heterocycles. The molecule has 1 aromatic carbocycles. The normalized spacial score (nSPS) is 17.0. The first kappa shape index (κ1) is 27.1. The predicted octanol–water partition coefficient (Wildman–Crippen LogP) is 6.51. The van der Waals surface area contributed by atoms with Crippen molar-refractivity contribution in [2.45, 2.75) is 99.3 Å². The molecule has 1 N–H and O–H groups in total. The van der Waals surface area contributed by atoms with Gasteiger partial charge in [0.1, 0.15) is 0 Å².